The van der Waals surface area contributed by atoms with Crippen molar-refractivity contribution in [3.8, 4) is 0 Å². The first-order valence-corrected chi connectivity index (χ1v) is 4.91. The van der Waals surface area contributed by atoms with Crippen molar-refractivity contribution in [2.75, 3.05) is 18.0 Å². The standard InChI is InChI=1S/C8H16N6/c1-6-5-14(7(2)4-9-6)8-10-11-12-13(8)3/h6-7,9H,4-5H2,1-3H3. The Hall–Kier alpha value is -1.17. The van der Waals surface area contributed by atoms with Crippen molar-refractivity contribution in [3.63, 3.8) is 0 Å². The van der Waals surface area contributed by atoms with E-state index in [1.807, 2.05) is 7.05 Å². The van der Waals surface area contributed by atoms with Gasteiger partial charge in [0.15, 0.2) is 0 Å². The molecule has 2 atom stereocenters. The maximum atomic E-state index is 4.02. The molecule has 14 heavy (non-hydrogen) atoms. The maximum Gasteiger partial charge on any atom is 0.245 e. The lowest BCUT2D eigenvalue weighted by Gasteiger charge is -2.37. The van der Waals surface area contributed by atoms with Gasteiger partial charge in [-0.3, -0.25) is 0 Å². The van der Waals surface area contributed by atoms with E-state index in [2.05, 4.69) is 39.6 Å². The van der Waals surface area contributed by atoms with Crippen molar-refractivity contribution in [2.45, 2.75) is 25.9 Å². The summed E-state index contributed by atoms with van der Waals surface area (Å²) in [5.41, 5.74) is 0. The highest BCUT2D eigenvalue weighted by atomic mass is 15.6. The number of piperazine rings is 1. The lowest BCUT2D eigenvalue weighted by molar-refractivity contribution is 0.415. The van der Waals surface area contributed by atoms with Crippen LogP contribution in [-0.2, 0) is 7.05 Å². The predicted molar refractivity (Wildman–Crippen MR) is 53.1 cm³/mol. The highest BCUT2D eigenvalue weighted by Gasteiger charge is 2.25. The molecule has 6 nitrogen and oxygen atoms in total. The summed E-state index contributed by atoms with van der Waals surface area (Å²) in [5, 5.41) is 14.9. The number of nitrogens with zero attached hydrogens (tertiary/aromatic N) is 5. The highest BCUT2D eigenvalue weighted by Crippen LogP contribution is 2.14. The number of nitrogens with one attached hydrogen (secondary N) is 1. The second kappa shape index (κ2) is 3.53. The van der Waals surface area contributed by atoms with Crippen molar-refractivity contribution >= 4 is 5.95 Å². The zero-order chi connectivity index (χ0) is 10.1. The molecule has 0 aromatic carbocycles. The van der Waals surface area contributed by atoms with E-state index in [1.165, 1.54) is 0 Å². The summed E-state index contributed by atoms with van der Waals surface area (Å²) in [7, 11) is 1.87. The summed E-state index contributed by atoms with van der Waals surface area (Å²) in [4.78, 5) is 2.24. The molecule has 2 heterocycles. The first-order valence-electron chi connectivity index (χ1n) is 4.91. The van der Waals surface area contributed by atoms with Gasteiger partial charge in [0.1, 0.15) is 0 Å². The van der Waals surface area contributed by atoms with E-state index < -0.39 is 0 Å². The van der Waals surface area contributed by atoms with Crippen molar-refractivity contribution < 1.29 is 0 Å². The molecule has 0 saturated carbocycles. The van der Waals surface area contributed by atoms with E-state index >= 15 is 0 Å². The number of aryl methyl sites for hydroxylation is 1. The van der Waals surface area contributed by atoms with Crippen LogP contribution in [0, 0.1) is 0 Å². The van der Waals surface area contributed by atoms with Gasteiger partial charge in [-0.15, -0.1) is 0 Å². The molecule has 78 valence electrons. The second-order valence-electron chi connectivity index (χ2n) is 3.91. The SMILES string of the molecule is CC1CN(c2nnnn2C)C(C)CN1. The Morgan fingerprint density at radius 1 is 1.43 bits per heavy atom. The third-order valence-corrected chi connectivity index (χ3v) is 2.62. The van der Waals surface area contributed by atoms with Gasteiger partial charge in [-0.1, -0.05) is 5.10 Å². The molecule has 1 fully saturated rings. The van der Waals surface area contributed by atoms with Gasteiger partial charge in [0.05, 0.1) is 0 Å². The number of anilines is 1. The van der Waals surface area contributed by atoms with E-state index in [9.17, 15) is 0 Å². The molecule has 1 N–H and O–H groups in total. The zero-order valence-corrected chi connectivity index (χ0v) is 8.80. The van der Waals surface area contributed by atoms with Crippen LogP contribution >= 0.6 is 0 Å². The van der Waals surface area contributed by atoms with Crippen molar-refractivity contribution in [3.05, 3.63) is 0 Å². The van der Waals surface area contributed by atoms with Gasteiger partial charge >= 0.3 is 0 Å². The van der Waals surface area contributed by atoms with Gasteiger partial charge in [-0.05, 0) is 24.3 Å². The minimum atomic E-state index is 0.441. The van der Waals surface area contributed by atoms with Gasteiger partial charge in [0, 0.05) is 32.2 Å². The summed E-state index contributed by atoms with van der Waals surface area (Å²) in [6, 6.07) is 0.929. The Kier molecular flexibility index (Phi) is 2.37. The fourth-order valence-electron chi connectivity index (χ4n) is 1.77. The lowest BCUT2D eigenvalue weighted by Crippen LogP contribution is -2.55. The van der Waals surface area contributed by atoms with Gasteiger partial charge < -0.3 is 10.2 Å². The molecule has 0 amide bonds. The van der Waals surface area contributed by atoms with Crippen LogP contribution < -0.4 is 10.2 Å². The Balaban J connectivity index is 2.20. The van der Waals surface area contributed by atoms with E-state index in [0.29, 0.717) is 12.1 Å². The largest absolute Gasteiger partial charge is 0.334 e. The monoisotopic (exact) mass is 196 g/mol. The average molecular weight is 196 g/mol. The first kappa shape index (κ1) is 9.39. The number of hydrogen-bond acceptors (Lipinski definition) is 5. The van der Waals surface area contributed by atoms with Crippen LogP contribution in [0.4, 0.5) is 5.95 Å². The van der Waals surface area contributed by atoms with Crippen molar-refractivity contribution in [1.29, 1.82) is 0 Å². The summed E-state index contributed by atoms with van der Waals surface area (Å²) >= 11 is 0. The second-order valence-corrected chi connectivity index (χ2v) is 3.91. The quantitative estimate of drug-likeness (QED) is 0.649. The summed E-state index contributed by atoms with van der Waals surface area (Å²) in [6.07, 6.45) is 0. The van der Waals surface area contributed by atoms with Crippen molar-refractivity contribution in [1.82, 2.24) is 25.5 Å². The molecule has 1 aromatic heterocycles. The number of rotatable bonds is 1. The van der Waals surface area contributed by atoms with Crippen LogP contribution in [0.3, 0.4) is 0 Å². The average Bonchev–Trinajstić information content (AvgIpc) is 2.56. The van der Waals surface area contributed by atoms with Gasteiger partial charge in [0.2, 0.25) is 5.95 Å². The molecule has 2 rings (SSSR count). The topological polar surface area (TPSA) is 58.9 Å². The van der Waals surface area contributed by atoms with Crippen LogP contribution in [0.2, 0.25) is 0 Å². The Labute approximate surface area is 83.3 Å². The van der Waals surface area contributed by atoms with Crippen LogP contribution in [0.1, 0.15) is 13.8 Å². The van der Waals surface area contributed by atoms with Crippen LogP contribution in [-0.4, -0.2) is 45.4 Å². The molecule has 1 aliphatic rings. The predicted octanol–water partition coefficient (Wildman–Crippen LogP) is -0.603. The van der Waals surface area contributed by atoms with Crippen LogP contribution in [0.25, 0.3) is 0 Å². The molecule has 1 saturated heterocycles. The third kappa shape index (κ3) is 1.57. The fourth-order valence-corrected chi connectivity index (χ4v) is 1.77. The molecular formula is C8H16N6. The Bertz CT molecular complexity index is 309. The summed E-state index contributed by atoms with van der Waals surface area (Å²) in [5.74, 6) is 0.853. The molecule has 0 aliphatic carbocycles. The Morgan fingerprint density at radius 2 is 2.21 bits per heavy atom. The summed E-state index contributed by atoms with van der Waals surface area (Å²) in [6.45, 7) is 6.28. The minimum Gasteiger partial charge on any atom is -0.334 e. The van der Waals surface area contributed by atoms with E-state index in [4.69, 9.17) is 0 Å². The number of tetrazole rings is 1. The van der Waals surface area contributed by atoms with Crippen LogP contribution in [0.15, 0.2) is 0 Å². The molecule has 2 unspecified atom stereocenters. The molecule has 1 aromatic rings. The smallest absolute Gasteiger partial charge is 0.245 e. The van der Waals surface area contributed by atoms with Crippen molar-refractivity contribution in [2.24, 2.45) is 7.05 Å². The van der Waals surface area contributed by atoms with E-state index in [1.54, 1.807) is 4.68 Å². The van der Waals surface area contributed by atoms with E-state index in [0.717, 1.165) is 19.0 Å². The molecule has 0 bridgehead atoms. The molecule has 6 heteroatoms. The maximum absolute atomic E-state index is 4.02. The number of hydrogen-bond donors (Lipinski definition) is 1. The summed E-state index contributed by atoms with van der Waals surface area (Å²) < 4.78 is 1.72. The Morgan fingerprint density at radius 3 is 2.86 bits per heavy atom. The fraction of sp³-hybridized carbons (Fsp3) is 0.875. The highest BCUT2D eigenvalue weighted by molar-refractivity contribution is 5.31. The minimum absolute atomic E-state index is 0.441. The molecular weight excluding hydrogens is 180 g/mol. The molecule has 0 spiro atoms. The number of aromatic nitrogens is 4. The van der Waals surface area contributed by atoms with E-state index in [-0.39, 0.29) is 0 Å². The lowest BCUT2D eigenvalue weighted by atomic mass is 10.1. The van der Waals surface area contributed by atoms with Crippen LogP contribution in [0.5, 0.6) is 0 Å². The zero-order valence-electron chi connectivity index (χ0n) is 8.80. The molecule has 0 radical (unpaired) electrons. The third-order valence-electron chi connectivity index (χ3n) is 2.62. The normalized spacial score (nSPS) is 28.1. The van der Waals surface area contributed by atoms with Gasteiger partial charge in [0.25, 0.3) is 0 Å². The molecule has 1 aliphatic heterocycles. The first-order chi connectivity index (χ1) is 6.68. The van der Waals surface area contributed by atoms with Gasteiger partial charge in [-0.2, -0.15) is 0 Å². The van der Waals surface area contributed by atoms with Gasteiger partial charge in [-0.25, -0.2) is 4.68 Å².